The molecule has 2 rings (SSSR count). The molecular formula is C11H10N4O2. The number of nitrogens with zero attached hydrogens (tertiary/aromatic N) is 3. The quantitative estimate of drug-likeness (QED) is 0.782. The maximum atomic E-state index is 11.6. The standard InChI is InChI=1S/C11H10N4O2/c1-15-11(17)8(10(12)16)6-9(14-15)7-2-4-13-5-3-7/h2-6H,1H3,(H2,12,16). The van der Waals surface area contributed by atoms with Crippen LogP contribution >= 0.6 is 0 Å². The molecular weight excluding hydrogens is 220 g/mol. The fourth-order valence-corrected chi connectivity index (χ4v) is 1.45. The average Bonchev–Trinajstić information content (AvgIpc) is 2.33. The van der Waals surface area contributed by atoms with Crippen molar-refractivity contribution in [1.29, 1.82) is 0 Å². The summed E-state index contributed by atoms with van der Waals surface area (Å²) in [4.78, 5) is 26.6. The van der Waals surface area contributed by atoms with Crippen molar-refractivity contribution in [3.8, 4) is 11.3 Å². The predicted octanol–water partition coefficient (Wildman–Crippen LogP) is -0.0588. The van der Waals surface area contributed by atoms with Crippen LogP contribution in [0.2, 0.25) is 0 Å². The van der Waals surface area contributed by atoms with E-state index in [2.05, 4.69) is 10.1 Å². The lowest BCUT2D eigenvalue weighted by Gasteiger charge is -2.04. The predicted molar refractivity (Wildman–Crippen MR) is 61.2 cm³/mol. The Morgan fingerprint density at radius 1 is 1.35 bits per heavy atom. The Morgan fingerprint density at radius 2 is 2.00 bits per heavy atom. The minimum absolute atomic E-state index is 0.0747. The molecule has 2 N–H and O–H groups in total. The molecule has 17 heavy (non-hydrogen) atoms. The zero-order valence-corrected chi connectivity index (χ0v) is 9.12. The van der Waals surface area contributed by atoms with E-state index >= 15 is 0 Å². The van der Waals surface area contributed by atoms with E-state index in [1.54, 1.807) is 24.5 Å². The summed E-state index contributed by atoms with van der Waals surface area (Å²) in [6, 6.07) is 4.86. The Kier molecular flexibility index (Phi) is 2.70. The third-order valence-corrected chi connectivity index (χ3v) is 2.30. The van der Waals surface area contributed by atoms with Crippen molar-refractivity contribution >= 4 is 5.91 Å². The highest BCUT2D eigenvalue weighted by molar-refractivity contribution is 5.93. The van der Waals surface area contributed by atoms with Crippen LogP contribution in [0.3, 0.4) is 0 Å². The topological polar surface area (TPSA) is 90.9 Å². The summed E-state index contributed by atoms with van der Waals surface area (Å²) >= 11 is 0. The summed E-state index contributed by atoms with van der Waals surface area (Å²) in [5.74, 6) is -0.761. The number of aryl methyl sites for hydroxylation is 1. The van der Waals surface area contributed by atoms with Gasteiger partial charge in [0, 0.05) is 25.0 Å². The molecule has 0 aliphatic rings. The van der Waals surface area contributed by atoms with Crippen molar-refractivity contribution in [2.45, 2.75) is 0 Å². The van der Waals surface area contributed by atoms with Crippen LogP contribution in [-0.4, -0.2) is 20.7 Å². The van der Waals surface area contributed by atoms with Gasteiger partial charge in [0.1, 0.15) is 5.56 Å². The summed E-state index contributed by atoms with van der Waals surface area (Å²) in [6.07, 6.45) is 3.21. The van der Waals surface area contributed by atoms with Crippen molar-refractivity contribution < 1.29 is 4.79 Å². The number of hydrogen-bond acceptors (Lipinski definition) is 4. The molecule has 6 heteroatoms. The number of carbonyl (C=O) groups excluding carboxylic acids is 1. The Labute approximate surface area is 96.7 Å². The first-order valence-electron chi connectivity index (χ1n) is 4.88. The second-order valence-electron chi connectivity index (χ2n) is 3.47. The summed E-state index contributed by atoms with van der Waals surface area (Å²) in [6.45, 7) is 0. The van der Waals surface area contributed by atoms with E-state index < -0.39 is 11.5 Å². The Morgan fingerprint density at radius 3 is 2.59 bits per heavy atom. The number of primary amides is 1. The van der Waals surface area contributed by atoms with Gasteiger partial charge in [-0.3, -0.25) is 14.6 Å². The van der Waals surface area contributed by atoms with Gasteiger partial charge < -0.3 is 5.73 Å². The zero-order valence-electron chi connectivity index (χ0n) is 9.12. The average molecular weight is 230 g/mol. The van der Waals surface area contributed by atoms with E-state index in [4.69, 9.17) is 5.73 Å². The van der Waals surface area contributed by atoms with Crippen molar-refractivity contribution in [2.75, 3.05) is 0 Å². The smallest absolute Gasteiger partial charge is 0.279 e. The normalized spacial score (nSPS) is 10.2. The molecule has 2 heterocycles. The molecule has 0 aromatic carbocycles. The molecule has 0 radical (unpaired) electrons. The molecule has 0 saturated heterocycles. The van der Waals surface area contributed by atoms with Crippen LogP contribution < -0.4 is 11.3 Å². The molecule has 0 bridgehead atoms. The van der Waals surface area contributed by atoms with E-state index in [-0.39, 0.29) is 5.56 Å². The second-order valence-corrected chi connectivity index (χ2v) is 3.47. The molecule has 0 saturated carbocycles. The highest BCUT2D eigenvalue weighted by atomic mass is 16.2. The SMILES string of the molecule is Cn1nc(-c2ccncc2)cc(C(N)=O)c1=O. The summed E-state index contributed by atoms with van der Waals surface area (Å²) in [7, 11) is 1.47. The fourth-order valence-electron chi connectivity index (χ4n) is 1.45. The van der Waals surface area contributed by atoms with E-state index in [0.717, 1.165) is 10.2 Å². The minimum Gasteiger partial charge on any atom is -0.365 e. The van der Waals surface area contributed by atoms with Gasteiger partial charge in [0.2, 0.25) is 0 Å². The molecule has 0 fully saturated rings. The van der Waals surface area contributed by atoms with Crippen LogP contribution in [0.4, 0.5) is 0 Å². The number of rotatable bonds is 2. The van der Waals surface area contributed by atoms with Gasteiger partial charge in [0.25, 0.3) is 11.5 Å². The van der Waals surface area contributed by atoms with Crippen LogP contribution in [0.25, 0.3) is 11.3 Å². The van der Waals surface area contributed by atoms with Crippen LogP contribution in [-0.2, 0) is 7.05 Å². The molecule has 1 amide bonds. The van der Waals surface area contributed by atoms with Crippen molar-refractivity contribution in [2.24, 2.45) is 12.8 Å². The van der Waals surface area contributed by atoms with Gasteiger partial charge in [0.15, 0.2) is 0 Å². The lowest BCUT2D eigenvalue weighted by atomic mass is 10.1. The Balaban J connectivity index is 2.66. The van der Waals surface area contributed by atoms with Gasteiger partial charge in [-0.1, -0.05) is 0 Å². The van der Waals surface area contributed by atoms with Crippen molar-refractivity contribution in [3.05, 3.63) is 46.5 Å². The lowest BCUT2D eigenvalue weighted by Crippen LogP contribution is -2.29. The van der Waals surface area contributed by atoms with Gasteiger partial charge in [-0.2, -0.15) is 5.10 Å². The number of hydrogen-bond donors (Lipinski definition) is 1. The second kappa shape index (κ2) is 4.17. The van der Waals surface area contributed by atoms with E-state index in [9.17, 15) is 9.59 Å². The number of aromatic nitrogens is 3. The van der Waals surface area contributed by atoms with Gasteiger partial charge in [-0.15, -0.1) is 0 Å². The number of amides is 1. The maximum Gasteiger partial charge on any atom is 0.279 e. The van der Waals surface area contributed by atoms with Crippen LogP contribution in [0.15, 0.2) is 35.4 Å². The first-order chi connectivity index (χ1) is 8.09. The molecule has 0 spiro atoms. The van der Waals surface area contributed by atoms with Gasteiger partial charge in [0.05, 0.1) is 5.69 Å². The molecule has 0 aliphatic heterocycles. The monoisotopic (exact) mass is 230 g/mol. The van der Waals surface area contributed by atoms with Gasteiger partial charge >= 0.3 is 0 Å². The van der Waals surface area contributed by atoms with Crippen LogP contribution in [0, 0.1) is 0 Å². The molecule has 0 atom stereocenters. The first kappa shape index (κ1) is 11.0. The van der Waals surface area contributed by atoms with Gasteiger partial charge in [-0.05, 0) is 18.2 Å². The Hall–Kier alpha value is -2.50. The zero-order chi connectivity index (χ0) is 12.4. The largest absolute Gasteiger partial charge is 0.365 e. The number of nitrogens with two attached hydrogens (primary N) is 1. The summed E-state index contributed by atoms with van der Waals surface area (Å²) in [5, 5.41) is 4.05. The summed E-state index contributed by atoms with van der Waals surface area (Å²) < 4.78 is 1.09. The van der Waals surface area contributed by atoms with E-state index in [1.165, 1.54) is 13.1 Å². The van der Waals surface area contributed by atoms with Crippen LogP contribution in [0.5, 0.6) is 0 Å². The third kappa shape index (κ3) is 2.05. The van der Waals surface area contributed by atoms with Gasteiger partial charge in [-0.25, -0.2) is 4.68 Å². The van der Waals surface area contributed by atoms with Crippen LogP contribution in [0.1, 0.15) is 10.4 Å². The molecule has 0 aliphatic carbocycles. The molecule has 86 valence electrons. The fraction of sp³-hybridized carbons (Fsp3) is 0.0909. The molecule has 6 nitrogen and oxygen atoms in total. The highest BCUT2D eigenvalue weighted by Gasteiger charge is 2.11. The van der Waals surface area contributed by atoms with Crippen molar-refractivity contribution in [3.63, 3.8) is 0 Å². The first-order valence-corrected chi connectivity index (χ1v) is 4.88. The number of pyridine rings is 1. The van der Waals surface area contributed by atoms with E-state index in [0.29, 0.717) is 5.69 Å². The maximum absolute atomic E-state index is 11.6. The Bertz CT molecular complexity index is 619. The molecule has 2 aromatic rings. The molecule has 2 aromatic heterocycles. The summed E-state index contributed by atoms with van der Waals surface area (Å²) in [5.41, 5.74) is 5.82. The highest BCUT2D eigenvalue weighted by Crippen LogP contribution is 2.14. The molecule has 0 unspecified atom stereocenters. The minimum atomic E-state index is -0.761. The lowest BCUT2D eigenvalue weighted by molar-refractivity contribution is 0.0998. The third-order valence-electron chi connectivity index (χ3n) is 2.30. The van der Waals surface area contributed by atoms with Crippen molar-refractivity contribution in [1.82, 2.24) is 14.8 Å². The number of carbonyl (C=O) groups is 1. The van der Waals surface area contributed by atoms with E-state index in [1.807, 2.05) is 0 Å².